The van der Waals surface area contributed by atoms with E-state index in [0.29, 0.717) is 5.41 Å². The zero-order chi connectivity index (χ0) is 10.6. The van der Waals surface area contributed by atoms with Crippen LogP contribution in [-0.4, -0.2) is 18.5 Å². The summed E-state index contributed by atoms with van der Waals surface area (Å²) in [6.07, 6.45) is 4.90. The van der Waals surface area contributed by atoms with Crippen LogP contribution in [0.3, 0.4) is 0 Å². The first-order valence-corrected chi connectivity index (χ1v) is 4.97. The van der Waals surface area contributed by atoms with Crippen molar-refractivity contribution in [3.63, 3.8) is 0 Å². The molecule has 0 aromatic rings. The zero-order valence-electron chi connectivity index (χ0n) is 8.66. The fourth-order valence-electron chi connectivity index (χ4n) is 1.61. The molecule has 0 atom stereocenters. The van der Waals surface area contributed by atoms with Crippen molar-refractivity contribution in [3.8, 4) is 0 Å². The van der Waals surface area contributed by atoms with Crippen molar-refractivity contribution < 1.29 is 0 Å². The zero-order valence-corrected chi connectivity index (χ0v) is 8.66. The molecule has 0 unspecified atom stereocenters. The minimum atomic E-state index is -0.0356. The molecule has 0 saturated heterocycles. The van der Waals surface area contributed by atoms with E-state index in [9.17, 15) is 0 Å². The topological polar surface area (TPSA) is 103 Å². The minimum absolute atomic E-state index is 0.0356. The lowest BCUT2D eigenvalue weighted by molar-refractivity contribution is 0.473. The summed E-state index contributed by atoms with van der Waals surface area (Å²) >= 11 is 0. The van der Waals surface area contributed by atoms with Gasteiger partial charge < -0.3 is 17.2 Å². The molecule has 0 aliphatic heterocycles. The first-order valence-electron chi connectivity index (χ1n) is 4.97. The van der Waals surface area contributed by atoms with Crippen LogP contribution in [0, 0.1) is 5.41 Å². The van der Waals surface area contributed by atoms with E-state index in [4.69, 9.17) is 17.2 Å². The Morgan fingerprint density at radius 2 is 1.93 bits per heavy atom. The number of rotatable bonds is 4. The Kier molecular flexibility index (Phi) is 3.33. The van der Waals surface area contributed by atoms with Crippen LogP contribution in [0.25, 0.3) is 0 Å². The molecular formula is C9H19N5. The maximum absolute atomic E-state index is 5.51. The number of guanidine groups is 2. The first kappa shape index (κ1) is 10.8. The Hall–Kier alpha value is -1.26. The number of nitrogens with two attached hydrogens (primary N) is 3. The van der Waals surface area contributed by atoms with Crippen LogP contribution >= 0.6 is 0 Å². The summed E-state index contributed by atoms with van der Waals surface area (Å²) in [5.41, 5.74) is 16.3. The average Bonchev–Trinajstić information content (AvgIpc) is 2.82. The quantitative estimate of drug-likeness (QED) is 0.441. The van der Waals surface area contributed by atoms with Crippen molar-refractivity contribution in [3.05, 3.63) is 0 Å². The molecule has 0 amide bonds. The predicted octanol–water partition coefficient (Wildman–Crippen LogP) is 0.155. The third-order valence-electron chi connectivity index (χ3n) is 2.56. The number of hydrogen-bond donors (Lipinski definition) is 3. The van der Waals surface area contributed by atoms with E-state index in [2.05, 4.69) is 16.9 Å². The van der Waals surface area contributed by atoms with Gasteiger partial charge in [0.25, 0.3) is 0 Å². The summed E-state index contributed by atoms with van der Waals surface area (Å²) < 4.78 is 0. The van der Waals surface area contributed by atoms with Crippen molar-refractivity contribution in [1.82, 2.24) is 0 Å². The molecule has 14 heavy (non-hydrogen) atoms. The van der Waals surface area contributed by atoms with Crippen LogP contribution < -0.4 is 17.2 Å². The molecule has 0 heterocycles. The fraction of sp³-hybridized carbons (Fsp3) is 0.778. The van der Waals surface area contributed by atoms with Crippen molar-refractivity contribution in [2.24, 2.45) is 32.6 Å². The largest absolute Gasteiger partial charge is 0.370 e. The second kappa shape index (κ2) is 4.30. The number of hydrogen-bond acceptors (Lipinski definition) is 1. The molecule has 0 aromatic heterocycles. The smallest absolute Gasteiger partial charge is 0.218 e. The maximum atomic E-state index is 5.51. The van der Waals surface area contributed by atoms with Crippen LogP contribution in [-0.2, 0) is 0 Å². The SMILES string of the molecule is CCCC1(CN=C(N)N=C(N)N)CC1. The summed E-state index contributed by atoms with van der Waals surface area (Å²) in [5, 5.41) is 0. The number of nitrogens with zero attached hydrogens (tertiary/aromatic N) is 2. The predicted molar refractivity (Wildman–Crippen MR) is 58.9 cm³/mol. The molecule has 0 aromatic carbocycles. The molecular weight excluding hydrogens is 178 g/mol. The highest BCUT2D eigenvalue weighted by atomic mass is 15.1. The molecule has 0 spiro atoms. The van der Waals surface area contributed by atoms with E-state index in [1.165, 1.54) is 25.7 Å². The van der Waals surface area contributed by atoms with Crippen LogP contribution in [0.1, 0.15) is 32.6 Å². The molecule has 1 aliphatic rings. The van der Waals surface area contributed by atoms with Gasteiger partial charge in [-0.05, 0) is 24.7 Å². The normalized spacial score (nSPS) is 19.1. The Morgan fingerprint density at radius 3 is 2.36 bits per heavy atom. The van der Waals surface area contributed by atoms with Gasteiger partial charge in [0.2, 0.25) is 5.96 Å². The first-order chi connectivity index (χ1) is 6.58. The average molecular weight is 197 g/mol. The van der Waals surface area contributed by atoms with Crippen LogP contribution in [0.2, 0.25) is 0 Å². The summed E-state index contributed by atoms with van der Waals surface area (Å²) in [6, 6.07) is 0. The molecule has 1 rings (SSSR count). The molecule has 80 valence electrons. The Bertz CT molecular complexity index is 248. The standard InChI is InChI=1S/C9H19N5/c1-2-3-9(4-5-9)6-13-8(12)14-7(10)11/h2-6H2,1H3,(H6,10,11,12,13,14). The molecule has 0 bridgehead atoms. The minimum Gasteiger partial charge on any atom is -0.370 e. The molecule has 1 saturated carbocycles. The van der Waals surface area contributed by atoms with Crippen molar-refractivity contribution >= 4 is 11.9 Å². The highest BCUT2D eigenvalue weighted by molar-refractivity contribution is 5.92. The van der Waals surface area contributed by atoms with Gasteiger partial charge in [-0.25, -0.2) is 0 Å². The fourth-order valence-corrected chi connectivity index (χ4v) is 1.61. The van der Waals surface area contributed by atoms with Crippen molar-refractivity contribution in [2.75, 3.05) is 6.54 Å². The molecule has 5 nitrogen and oxygen atoms in total. The van der Waals surface area contributed by atoms with Crippen LogP contribution in [0.5, 0.6) is 0 Å². The van der Waals surface area contributed by atoms with Gasteiger partial charge in [0.1, 0.15) is 0 Å². The van der Waals surface area contributed by atoms with E-state index in [1.807, 2.05) is 0 Å². The molecule has 6 N–H and O–H groups in total. The summed E-state index contributed by atoms with van der Waals surface area (Å²) in [7, 11) is 0. The summed E-state index contributed by atoms with van der Waals surface area (Å²) in [5.74, 6) is 0.152. The van der Waals surface area contributed by atoms with Crippen LogP contribution in [0.4, 0.5) is 0 Å². The number of aliphatic imine (C=N–C) groups is 2. The molecule has 5 heteroatoms. The van der Waals surface area contributed by atoms with E-state index >= 15 is 0 Å². The maximum Gasteiger partial charge on any atom is 0.218 e. The summed E-state index contributed by atoms with van der Waals surface area (Å²) in [6.45, 7) is 2.94. The van der Waals surface area contributed by atoms with Gasteiger partial charge in [-0.15, -0.1) is 0 Å². The third kappa shape index (κ3) is 3.24. The summed E-state index contributed by atoms with van der Waals surface area (Å²) in [4.78, 5) is 7.83. The third-order valence-corrected chi connectivity index (χ3v) is 2.56. The van der Waals surface area contributed by atoms with E-state index in [0.717, 1.165) is 6.54 Å². The monoisotopic (exact) mass is 197 g/mol. The van der Waals surface area contributed by atoms with E-state index in [-0.39, 0.29) is 11.9 Å². The van der Waals surface area contributed by atoms with Crippen LogP contribution in [0.15, 0.2) is 9.98 Å². The second-order valence-electron chi connectivity index (χ2n) is 3.96. The second-order valence-corrected chi connectivity index (χ2v) is 3.96. The van der Waals surface area contributed by atoms with Gasteiger partial charge >= 0.3 is 0 Å². The Balaban J connectivity index is 2.42. The molecule has 0 radical (unpaired) electrons. The van der Waals surface area contributed by atoms with Crippen molar-refractivity contribution in [2.45, 2.75) is 32.6 Å². The lowest BCUT2D eigenvalue weighted by atomic mass is 10.0. The molecule has 1 aliphatic carbocycles. The highest BCUT2D eigenvalue weighted by Crippen LogP contribution is 2.49. The van der Waals surface area contributed by atoms with E-state index < -0.39 is 0 Å². The van der Waals surface area contributed by atoms with E-state index in [1.54, 1.807) is 0 Å². The Labute approximate surface area is 84.5 Å². The van der Waals surface area contributed by atoms with Gasteiger partial charge in [-0.1, -0.05) is 13.3 Å². The highest BCUT2D eigenvalue weighted by Gasteiger charge is 2.41. The van der Waals surface area contributed by atoms with Gasteiger partial charge in [-0.2, -0.15) is 4.99 Å². The Morgan fingerprint density at radius 1 is 1.29 bits per heavy atom. The lowest BCUT2D eigenvalue weighted by Crippen LogP contribution is -2.26. The molecule has 1 fully saturated rings. The van der Waals surface area contributed by atoms with Crippen molar-refractivity contribution in [1.29, 1.82) is 0 Å². The van der Waals surface area contributed by atoms with Gasteiger partial charge in [0.05, 0.1) is 0 Å². The van der Waals surface area contributed by atoms with Gasteiger partial charge in [-0.3, -0.25) is 4.99 Å². The lowest BCUT2D eigenvalue weighted by Gasteiger charge is -2.09. The van der Waals surface area contributed by atoms with Gasteiger partial charge in [0.15, 0.2) is 5.96 Å². The van der Waals surface area contributed by atoms with Gasteiger partial charge in [0, 0.05) is 6.54 Å².